The third-order valence-corrected chi connectivity index (χ3v) is 2.53. The molecule has 1 heterocycles. The van der Waals surface area contributed by atoms with Gasteiger partial charge in [0.2, 0.25) is 0 Å². The third-order valence-electron chi connectivity index (χ3n) is 2.53. The molecule has 0 bridgehead atoms. The van der Waals surface area contributed by atoms with Crippen molar-refractivity contribution in [1.82, 2.24) is 4.90 Å². The number of benzene rings is 1. The lowest BCUT2D eigenvalue weighted by Gasteiger charge is -2.20. The van der Waals surface area contributed by atoms with Crippen LogP contribution in [-0.4, -0.2) is 28.7 Å². The first kappa shape index (κ1) is 12.0. The second kappa shape index (κ2) is 4.83. The highest BCUT2D eigenvalue weighted by molar-refractivity contribution is 6.14. The summed E-state index contributed by atoms with van der Waals surface area (Å²) < 4.78 is 5.07. The van der Waals surface area contributed by atoms with Crippen molar-refractivity contribution in [2.45, 2.75) is 13.0 Å². The lowest BCUT2D eigenvalue weighted by Crippen LogP contribution is -2.44. The molecule has 18 heavy (non-hydrogen) atoms. The van der Waals surface area contributed by atoms with Gasteiger partial charge in [-0.3, -0.25) is 14.5 Å². The molecule has 2 rings (SSSR count). The average molecular weight is 245 g/mol. The summed E-state index contributed by atoms with van der Waals surface area (Å²) in [6.07, 6.45) is 2.27. The fourth-order valence-corrected chi connectivity index (χ4v) is 1.59. The maximum atomic E-state index is 11.8. The summed E-state index contributed by atoms with van der Waals surface area (Å²) in [4.78, 5) is 35.4. The molecule has 0 radical (unpaired) electrons. The molecule has 0 aliphatic carbocycles. The van der Waals surface area contributed by atoms with Crippen molar-refractivity contribution in [2.24, 2.45) is 0 Å². The van der Waals surface area contributed by atoms with Crippen molar-refractivity contribution in [3.8, 4) is 5.75 Å². The molecule has 0 N–H and O–H groups in total. The van der Waals surface area contributed by atoms with Crippen molar-refractivity contribution in [3.63, 3.8) is 0 Å². The highest BCUT2D eigenvalue weighted by Crippen LogP contribution is 2.14. The van der Waals surface area contributed by atoms with E-state index in [1.165, 1.54) is 6.92 Å². The van der Waals surface area contributed by atoms with Crippen molar-refractivity contribution >= 4 is 17.8 Å². The quantitative estimate of drug-likeness (QED) is 0.451. The summed E-state index contributed by atoms with van der Waals surface area (Å²) in [5.74, 6) is -1.27. The number of para-hydroxylation sites is 1. The summed E-state index contributed by atoms with van der Waals surface area (Å²) in [7, 11) is 0. The molecule has 0 spiro atoms. The zero-order chi connectivity index (χ0) is 13.1. The number of rotatable bonds is 3. The van der Waals surface area contributed by atoms with Gasteiger partial charge in [-0.05, 0) is 19.1 Å². The van der Waals surface area contributed by atoms with Crippen molar-refractivity contribution < 1.29 is 19.1 Å². The van der Waals surface area contributed by atoms with E-state index in [1.807, 2.05) is 0 Å². The first-order valence-electron chi connectivity index (χ1n) is 5.41. The van der Waals surface area contributed by atoms with Crippen molar-refractivity contribution in [3.05, 3.63) is 42.5 Å². The van der Waals surface area contributed by atoms with Crippen LogP contribution in [0.4, 0.5) is 0 Å². The molecule has 5 nitrogen and oxygen atoms in total. The van der Waals surface area contributed by atoms with E-state index in [0.717, 1.165) is 17.1 Å². The van der Waals surface area contributed by atoms with Crippen LogP contribution in [0.3, 0.4) is 0 Å². The second-order valence-electron chi connectivity index (χ2n) is 3.79. The lowest BCUT2D eigenvalue weighted by molar-refractivity contribution is -0.150. The molecule has 1 aromatic rings. The Morgan fingerprint density at radius 2 is 1.67 bits per heavy atom. The molecule has 0 unspecified atom stereocenters. The first-order chi connectivity index (χ1) is 8.59. The van der Waals surface area contributed by atoms with E-state index in [-0.39, 0.29) is 0 Å². The van der Waals surface area contributed by atoms with Crippen LogP contribution < -0.4 is 4.74 Å². The van der Waals surface area contributed by atoms with E-state index < -0.39 is 23.8 Å². The van der Waals surface area contributed by atoms with E-state index in [0.29, 0.717) is 5.75 Å². The molecule has 1 atom stereocenters. The largest absolute Gasteiger partial charge is 0.425 e. The maximum Gasteiger partial charge on any atom is 0.334 e. The molecule has 1 aromatic carbocycles. The molecule has 0 saturated heterocycles. The molecule has 5 heteroatoms. The molecule has 0 aromatic heterocycles. The number of carbonyl (C=O) groups excluding carboxylic acids is 3. The van der Waals surface area contributed by atoms with E-state index in [1.54, 1.807) is 30.3 Å². The average Bonchev–Trinajstić information content (AvgIpc) is 2.69. The second-order valence-corrected chi connectivity index (χ2v) is 3.79. The number of hydrogen-bond acceptors (Lipinski definition) is 4. The lowest BCUT2D eigenvalue weighted by atomic mass is 10.3. The van der Waals surface area contributed by atoms with Gasteiger partial charge in [0.25, 0.3) is 11.8 Å². The highest BCUT2D eigenvalue weighted by Gasteiger charge is 2.33. The van der Waals surface area contributed by atoms with E-state index in [2.05, 4.69) is 0 Å². The Morgan fingerprint density at radius 3 is 2.22 bits per heavy atom. The number of esters is 1. The third kappa shape index (κ3) is 2.29. The summed E-state index contributed by atoms with van der Waals surface area (Å²) in [5.41, 5.74) is 0. The van der Waals surface area contributed by atoms with Crippen molar-refractivity contribution in [2.75, 3.05) is 0 Å². The van der Waals surface area contributed by atoms with Crippen molar-refractivity contribution in [1.29, 1.82) is 0 Å². The van der Waals surface area contributed by atoms with Gasteiger partial charge in [-0.2, -0.15) is 0 Å². The maximum absolute atomic E-state index is 11.8. The van der Waals surface area contributed by atoms with Crippen LogP contribution in [0.15, 0.2) is 42.5 Å². The molecule has 0 saturated carbocycles. The van der Waals surface area contributed by atoms with Gasteiger partial charge in [-0.15, -0.1) is 0 Å². The van der Waals surface area contributed by atoms with E-state index in [9.17, 15) is 14.4 Å². The van der Waals surface area contributed by atoms with Crippen LogP contribution in [-0.2, 0) is 14.4 Å². The number of ether oxygens (including phenoxy) is 1. The van der Waals surface area contributed by atoms with E-state index in [4.69, 9.17) is 4.74 Å². The SMILES string of the molecule is C[C@@H](C(=O)Oc1ccccc1)N1C(=O)C=CC1=O. The molecular weight excluding hydrogens is 234 g/mol. The Morgan fingerprint density at radius 1 is 1.11 bits per heavy atom. The predicted octanol–water partition coefficient (Wildman–Crippen LogP) is 0.905. The minimum Gasteiger partial charge on any atom is -0.425 e. The van der Waals surface area contributed by atoms with Gasteiger partial charge in [0.05, 0.1) is 0 Å². The number of amides is 2. The van der Waals surface area contributed by atoms with Crippen LogP contribution in [0.1, 0.15) is 6.92 Å². The van der Waals surface area contributed by atoms with Gasteiger partial charge in [-0.1, -0.05) is 18.2 Å². The standard InChI is InChI=1S/C13H11NO4/c1-9(14-11(15)7-8-12(14)16)13(17)18-10-5-3-2-4-6-10/h2-9H,1H3/t9-/m0/s1. The van der Waals surface area contributed by atoms with Gasteiger partial charge in [0.1, 0.15) is 11.8 Å². The van der Waals surface area contributed by atoms with Gasteiger partial charge in [-0.25, -0.2) is 4.79 Å². The Balaban J connectivity index is 2.06. The molecule has 0 fully saturated rings. The zero-order valence-corrected chi connectivity index (χ0v) is 9.70. The van der Waals surface area contributed by atoms with Crippen LogP contribution in [0.5, 0.6) is 5.75 Å². The molecular formula is C13H11NO4. The van der Waals surface area contributed by atoms with Crippen LogP contribution in [0.2, 0.25) is 0 Å². The monoisotopic (exact) mass is 245 g/mol. The minimum atomic E-state index is -0.944. The Bertz CT molecular complexity index is 503. The number of imide groups is 1. The summed E-state index contributed by atoms with van der Waals surface area (Å²) in [6, 6.07) is 7.54. The summed E-state index contributed by atoms with van der Waals surface area (Å²) >= 11 is 0. The van der Waals surface area contributed by atoms with Gasteiger partial charge < -0.3 is 4.74 Å². The minimum absolute atomic E-state index is 0.376. The van der Waals surface area contributed by atoms with Crippen LogP contribution in [0.25, 0.3) is 0 Å². The Hall–Kier alpha value is -2.43. The zero-order valence-electron chi connectivity index (χ0n) is 9.70. The van der Waals surface area contributed by atoms with Crippen LogP contribution >= 0.6 is 0 Å². The Kier molecular flexibility index (Phi) is 3.23. The van der Waals surface area contributed by atoms with Gasteiger partial charge in [0, 0.05) is 12.2 Å². The number of nitrogens with zero attached hydrogens (tertiary/aromatic N) is 1. The highest BCUT2D eigenvalue weighted by atomic mass is 16.5. The summed E-state index contributed by atoms with van der Waals surface area (Å²) in [6.45, 7) is 1.45. The predicted molar refractivity (Wildman–Crippen MR) is 62.5 cm³/mol. The molecule has 1 aliphatic heterocycles. The topological polar surface area (TPSA) is 63.7 Å². The van der Waals surface area contributed by atoms with Gasteiger partial charge >= 0.3 is 5.97 Å². The normalized spacial score (nSPS) is 15.9. The fraction of sp³-hybridized carbons (Fsp3) is 0.154. The fourth-order valence-electron chi connectivity index (χ4n) is 1.59. The number of carbonyl (C=O) groups is 3. The van der Waals surface area contributed by atoms with E-state index >= 15 is 0 Å². The smallest absolute Gasteiger partial charge is 0.334 e. The first-order valence-corrected chi connectivity index (χ1v) is 5.41. The molecule has 2 amide bonds. The number of hydrogen-bond donors (Lipinski definition) is 0. The molecule has 92 valence electrons. The Labute approximate surface area is 104 Å². The van der Waals surface area contributed by atoms with Gasteiger partial charge in [0.15, 0.2) is 0 Å². The summed E-state index contributed by atoms with van der Waals surface area (Å²) in [5, 5.41) is 0. The molecule has 1 aliphatic rings. The van der Waals surface area contributed by atoms with Crippen LogP contribution in [0, 0.1) is 0 Å².